The van der Waals surface area contributed by atoms with Crippen molar-refractivity contribution in [1.82, 2.24) is 9.99 Å². The highest BCUT2D eigenvalue weighted by atomic mass is 32.2. The van der Waals surface area contributed by atoms with Crippen LogP contribution in [0.1, 0.15) is 33.6 Å². The Morgan fingerprint density at radius 1 is 0.895 bits per heavy atom. The van der Waals surface area contributed by atoms with E-state index in [2.05, 4.69) is 47.1 Å². The average molecular weight is 529 g/mol. The summed E-state index contributed by atoms with van der Waals surface area (Å²) in [7, 11) is -3.97. The smallest absolute Gasteiger partial charge is 0.264 e. The van der Waals surface area contributed by atoms with Crippen LogP contribution < -0.4 is 9.73 Å². The van der Waals surface area contributed by atoms with Crippen molar-refractivity contribution in [2.45, 2.75) is 39.5 Å². The minimum atomic E-state index is -3.97. The number of nitrogens with one attached hydrogen (secondary N) is 1. The second kappa shape index (κ2) is 11.1. The second-order valence-electron chi connectivity index (χ2n) is 9.38. The third-order valence-corrected chi connectivity index (χ3v) is 8.34. The van der Waals surface area contributed by atoms with Crippen LogP contribution in [0.4, 0.5) is 5.69 Å². The number of rotatable bonds is 8. The van der Waals surface area contributed by atoms with E-state index in [0.717, 1.165) is 32.5 Å². The molecular weight excluding hydrogens is 496 g/mol. The van der Waals surface area contributed by atoms with Crippen LogP contribution in [0.5, 0.6) is 0 Å². The molecule has 0 aliphatic carbocycles. The number of carbonyl (C=O) groups is 1. The first-order valence-corrected chi connectivity index (χ1v) is 13.7. The van der Waals surface area contributed by atoms with Gasteiger partial charge in [-0.25, -0.2) is 13.8 Å². The van der Waals surface area contributed by atoms with Crippen LogP contribution in [-0.2, 0) is 14.8 Å². The number of hydrogen-bond acceptors (Lipinski definition) is 4. The van der Waals surface area contributed by atoms with Crippen LogP contribution in [0.25, 0.3) is 5.69 Å². The van der Waals surface area contributed by atoms with Gasteiger partial charge in [-0.3, -0.25) is 9.10 Å². The first-order chi connectivity index (χ1) is 18.1. The minimum Gasteiger partial charge on any atom is -0.318 e. The van der Waals surface area contributed by atoms with Gasteiger partial charge in [-0.15, -0.1) is 0 Å². The van der Waals surface area contributed by atoms with E-state index in [-0.39, 0.29) is 4.90 Å². The Kier molecular flexibility index (Phi) is 7.83. The summed E-state index contributed by atoms with van der Waals surface area (Å²) in [6.07, 6.45) is 1.58. The largest absolute Gasteiger partial charge is 0.318 e. The summed E-state index contributed by atoms with van der Waals surface area (Å²) in [5.41, 5.74) is 10.2. The standard InChI is InChI=1S/C30H32N4O3S/c1-21-11-15-29(16-12-21)38(36,37)33(27-9-7-6-8-10-27)20-30(35)32-31-19-26-18-24(4)34(25(26)5)28-14-13-22(2)23(3)17-28/h6-19H,20H2,1-5H3,(H,32,35)/b31-19-. The van der Waals surface area contributed by atoms with E-state index in [1.807, 2.05) is 26.8 Å². The fourth-order valence-corrected chi connectivity index (χ4v) is 5.69. The van der Waals surface area contributed by atoms with E-state index >= 15 is 0 Å². The zero-order chi connectivity index (χ0) is 27.4. The molecule has 4 rings (SSSR count). The van der Waals surface area contributed by atoms with Gasteiger partial charge in [0, 0.05) is 22.6 Å². The number of amides is 1. The maximum absolute atomic E-state index is 13.4. The Hall–Kier alpha value is -4.17. The van der Waals surface area contributed by atoms with Gasteiger partial charge < -0.3 is 4.57 Å². The van der Waals surface area contributed by atoms with E-state index in [9.17, 15) is 13.2 Å². The van der Waals surface area contributed by atoms with Crippen molar-refractivity contribution in [2.24, 2.45) is 5.10 Å². The molecule has 3 aromatic carbocycles. The van der Waals surface area contributed by atoms with Crippen molar-refractivity contribution < 1.29 is 13.2 Å². The molecule has 1 heterocycles. The Balaban J connectivity index is 1.54. The highest BCUT2D eigenvalue weighted by Gasteiger charge is 2.27. The van der Waals surface area contributed by atoms with Gasteiger partial charge in [0.25, 0.3) is 15.9 Å². The molecule has 0 saturated carbocycles. The summed E-state index contributed by atoms with van der Waals surface area (Å²) in [5.74, 6) is -0.552. The van der Waals surface area contributed by atoms with Crippen LogP contribution >= 0.6 is 0 Å². The van der Waals surface area contributed by atoms with Crippen molar-refractivity contribution in [3.8, 4) is 5.69 Å². The number of carbonyl (C=O) groups excluding carboxylic acids is 1. The third kappa shape index (κ3) is 5.70. The van der Waals surface area contributed by atoms with E-state index in [1.165, 1.54) is 11.1 Å². The summed E-state index contributed by atoms with van der Waals surface area (Å²) in [6.45, 7) is 9.65. The lowest BCUT2D eigenvalue weighted by Gasteiger charge is -2.23. The first-order valence-electron chi connectivity index (χ1n) is 12.3. The van der Waals surface area contributed by atoms with Crippen molar-refractivity contribution in [3.63, 3.8) is 0 Å². The second-order valence-corrected chi connectivity index (χ2v) is 11.2. The quantitative estimate of drug-likeness (QED) is 0.247. The molecule has 0 spiro atoms. The summed E-state index contributed by atoms with van der Waals surface area (Å²) in [4.78, 5) is 13.0. The normalized spacial score (nSPS) is 11.6. The number of sulfonamides is 1. The molecule has 38 heavy (non-hydrogen) atoms. The van der Waals surface area contributed by atoms with Crippen molar-refractivity contribution >= 4 is 27.8 Å². The number of nitrogens with zero attached hydrogens (tertiary/aromatic N) is 3. The Morgan fingerprint density at radius 3 is 2.24 bits per heavy atom. The number of para-hydroxylation sites is 1. The van der Waals surface area contributed by atoms with Gasteiger partial charge >= 0.3 is 0 Å². The number of aryl methyl sites for hydroxylation is 4. The molecule has 0 bridgehead atoms. The predicted octanol–water partition coefficient (Wildman–Crippen LogP) is 5.37. The lowest BCUT2D eigenvalue weighted by Crippen LogP contribution is -2.39. The van der Waals surface area contributed by atoms with Crippen LogP contribution in [0.2, 0.25) is 0 Å². The maximum Gasteiger partial charge on any atom is 0.264 e. The summed E-state index contributed by atoms with van der Waals surface area (Å²) < 4.78 is 30.1. The molecule has 0 radical (unpaired) electrons. The SMILES string of the molecule is Cc1ccc(S(=O)(=O)N(CC(=O)N/N=C\c2cc(C)n(-c3ccc(C)c(C)c3)c2C)c2ccccc2)cc1. The number of hydrogen-bond donors (Lipinski definition) is 1. The number of benzene rings is 3. The van der Waals surface area contributed by atoms with Crippen molar-refractivity contribution in [3.05, 3.63) is 113 Å². The van der Waals surface area contributed by atoms with Gasteiger partial charge in [-0.05, 0) is 88.2 Å². The molecule has 196 valence electrons. The summed E-state index contributed by atoms with van der Waals surface area (Å²) >= 11 is 0. The Labute approximate surface area is 224 Å². The van der Waals surface area contributed by atoms with Crippen molar-refractivity contribution in [2.75, 3.05) is 10.8 Å². The zero-order valence-corrected chi connectivity index (χ0v) is 23.1. The highest BCUT2D eigenvalue weighted by Crippen LogP contribution is 2.24. The monoisotopic (exact) mass is 528 g/mol. The molecule has 8 heteroatoms. The molecular formula is C30H32N4O3S. The third-order valence-electron chi connectivity index (χ3n) is 6.55. The number of hydrazone groups is 1. The predicted molar refractivity (Wildman–Crippen MR) is 153 cm³/mol. The fourth-order valence-electron chi connectivity index (χ4n) is 4.27. The van der Waals surface area contributed by atoms with Gasteiger partial charge in [-0.1, -0.05) is 42.0 Å². The molecule has 1 aromatic heterocycles. The molecule has 0 saturated heterocycles. The van der Waals surface area contributed by atoms with E-state index < -0.39 is 22.5 Å². The van der Waals surface area contributed by atoms with Gasteiger partial charge in [-0.2, -0.15) is 5.10 Å². The topological polar surface area (TPSA) is 83.8 Å². The van der Waals surface area contributed by atoms with Crippen LogP contribution in [0, 0.1) is 34.6 Å². The van der Waals surface area contributed by atoms with E-state index in [0.29, 0.717) is 5.69 Å². The number of aromatic nitrogens is 1. The Bertz CT molecular complexity index is 1590. The molecule has 0 aliphatic heterocycles. The molecule has 0 unspecified atom stereocenters. The average Bonchev–Trinajstić information content (AvgIpc) is 3.17. The first kappa shape index (κ1) is 26.9. The van der Waals surface area contributed by atoms with Gasteiger partial charge in [0.05, 0.1) is 16.8 Å². The maximum atomic E-state index is 13.4. The fraction of sp³-hybridized carbons (Fsp3) is 0.200. The van der Waals surface area contributed by atoms with Crippen molar-refractivity contribution in [1.29, 1.82) is 0 Å². The van der Waals surface area contributed by atoms with E-state index in [4.69, 9.17) is 0 Å². The Morgan fingerprint density at radius 2 is 1.58 bits per heavy atom. The molecule has 1 N–H and O–H groups in total. The lowest BCUT2D eigenvalue weighted by atomic mass is 10.1. The molecule has 0 atom stereocenters. The molecule has 1 amide bonds. The van der Waals surface area contributed by atoms with Crippen LogP contribution in [0.3, 0.4) is 0 Å². The molecule has 4 aromatic rings. The minimum absolute atomic E-state index is 0.113. The van der Waals surface area contributed by atoms with Gasteiger partial charge in [0.2, 0.25) is 0 Å². The number of anilines is 1. The van der Waals surface area contributed by atoms with Gasteiger partial charge in [0.1, 0.15) is 6.54 Å². The molecule has 0 aliphatic rings. The van der Waals surface area contributed by atoms with Gasteiger partial charge in [0.15, 0.2) is 0 Å². The van der Waals surface area contributed by atoms with Crippen LogP contribution in [-0.4, -0.2) is 31.7 Å². The zero-order valence-electron chi connectivity index (χ0n) is 22.3. The summed E-state index contributed by atoms with van der Waals surface area (Å²) in [6, 6.07) is 23.4. The van der Waals surface area contributed by atoms with Crippen LogP contribution in [0.15, 0.2) is 88.9 Å². The summed E-state index contributed by atoms with van der Waals surface area (Å²) in [5, 5.41) is 4.14. The molecule has 7 nitrogen and oxygen atoms in total. The lowest BCUT2D eigenvalue weighted by molar-refractivity contribution is -0.119. The van der Waals surface area contributed by atoms with E-state index in [1.54, 1.807) is 60.8 Å². The highest BCUT2D eigenvalue weighted by molar-refractivity contribution is 7.92. The molecule has 0 fully saturated rings.